The van der Waals surface area contributed by atoms with Crippen LogP contribution in [-0.4, -0.2) is 80.1 Å². The second kappa shape index (κ2) is 14.4. The number of nitrogens with zero attached hydrogens (tertiary/aromatic N) is 2. The second-order valence-electron chi connectivity index (χ2n) is 10.5. The first kappa shape index (κ1) is 32.5. The van der Waals surface area contributed by atoms with Gasteiger partial charge in [-0.2, -0.15) is 4.98 Å². The number of methoxy groups -OCH3 is 3. The first-order valence-corrected chi connectivity index (χ1v) is 14.6. The largest absolute Gasteiger partial charge is 0.386 e. The van der Waals surface area contributed by atoms with Crippen LogP contribution in [0.25, 0.3) is 0 Å². The molecule has 1 saturated heterocycles. The lowest BCUT2D eigenvalue weighted by atomic mass is 9.67. The van der Waals surface area contributed by atoms with E-state index in [-0.39, 0.29) is 25.6 Å². The van der Waals surface area contributed by atoms with Gasteiger partial charge in [-0.3, -0.25) is 4.57 Å². The molecule has 0 bridgehead atoms. The molecule has 0 radical (unpaired) electrons. The summed E-state index contributed by atoms with van der Waals surface area (Å²) in [6.45, 7) is 0.295. The summed E-state index contributed by atoms with van der Waals surface area (Å²) in [4.78, 5) is 16.5. The Hall–Kier alpha value is -3.94. The average Bonchev–Trinajstić information content (AvgIpc) is 3.38. The monoisotopic (exact) mass is 617 g/mol. The normalized spacial score (nSPS) is 20.4. The fourth-order valence-electron chi connectivity index (χ4n) is 6.08. The minimum Gasteiger partial charge on any atom is -0.386 e. The van der Waals surface area contributed by atoms with Crippen molar-refractivity contribution in [1.29, 1.82) is 0 Å². The molecule has 238 valence electrons. The van der Waals surface area contributed by atoms with Crippen molar-refractivity contribution in [3.63, 3.8) is 0 Å². The highest BCUT2D eigenvalue weighted by Gasteiger charge is 2.59. The van der Waals surface area contributed by atoms with Crippen molar-refractivity contribution in [2.45, 2.75) is 35.9 Å². The van der Waals surface area contributed by atoms with E-state index in [1.165, 1.54) is 31.0 Å². The van der Waals surface area contributed by atoms with Crippen LogP contribution in [0.1, 0.15) is 22.9 Å². The van der Waals surface area contributed by atoms with Crippen LogP contribution in [-0.2, 0) is 33.8 Å². The number of aromatic nitrogens is 2. The first-order valence-electron chi connectivity index (χ1n) is 14.6. The molecule has 1 aromatic heterocycles. The molecule has 5 rings (SSSR count). The highest BCUT2D eigenvalue weighted by atomic mass is 16.9. The van der Waals surface area contributed by atoms with Crippen molar-refractivity contribution >= 4 is 5.82 Å². The summed E-state index contributed by atoms with van der Waals surface area (Å²) in [6.07, 6.45) is -2.71. The lowest BCUT2D eigenvalue weighted by molar-refractivity contribution is -0.389. The van der Waals surface area contributed by atoms with Crippen molar-refractivity contribution in [3.8, 4) is 0 Å². The highest BCUT2D eigenvalue weighted by Crippen LogP contribution is 2.50. The molecule has 11 heteroatoms. The smallest absolute Gasteiger partial charge is 0.351 e. The zero-order chi connectivity index (χ0) is 31.9. The van der Waals surface area contributed by atoms with Gasteiger partial charge >= 0.3 is 11.7 Å². The van der Waals surface area contributed by atoms with Crippen LogP contribution < -0.4 is 11.4 Å². The molecular formula is C34H39N3O8. The van der Waals surface area contributed by atoms with Gasteiger partial charge in [-0.05, 0) is 22.8 Å². The van der Waals surface area contributed by atoms with Crippen LogP contribution >= 0.6 is 0 Å². The Labute approximate surface area is 262 Å². The van der Waals surface area contributed by atoms with Crippen molar-refractivity contribution in [2.24, 2.45) is 0 Å². The fraction of sp³-hybridized carbons (Fsp3) is 0.353. The summed E-state index contributed by atoms with van der Waals surface area (Å²) < 4.78 is 37.9. The SMILES string of the molecule is COCCO[C@H]1[C@@H](O)[C@H](n2ccc(N)nc2=O)O[C@@H]1COC(OC)(OC)C(c1ccccc1)(c1ccccc1)c1ccccc1. The van der Waals surface area contributed by atoms with Gasteiger partial charge in [0, 0.05) is 27.5 Å². The fourth-order valence-corrected chi connectivity index (χ4v) is 6.08. The maximum absolute atomic E-state index is 12.7. The molecule has 3 aromatic carbocycles. The summed E-state index contributed by atoms with van der Waals surface area (Å²) in [6, 6.07) is 31.0. The van der Waals surface area contributed by atoms with Gasteiger partial charge in [0.15, 0.2) is 6.23 Å². The number of nitrogens with two attached hydrogens (primary N) is 1. The van der Waals surface area contributed by atoms with Gasteiger partial charge in [-0.15, -0.1) is 0 Å². The van der Waals surface area contributed by atoms with E-state index in [2.05, 4.69) is 4.98 Å². The minimum absolute atomic E-state index is 0.0561. The van der Waals surface area contributed by atoms with Crippen LogP contribution in [0.4, 0.5) is 5.82 Å². The third-order valence-corrected chi connectivity index (χ3v) is 8.09. The third-order valence-electron chi connectivity index (χ3n) is 8.09. The van der Waals surface area contributed by atoms with Gasteiger partial charge in [0.2, 0.25) is 0 Å². The molecule has 45 heavy (non-hydrogen) atoms. The van der Waals surface area contributed by atoms with Crippen LogP contribution in [0, 0.1) is 0 Å². The van der Waals surface area contributed by atoms with E-state index >= 15 is 0 Å². The van der Waals surface area contributed by atoms with E-state index in [1.807, 2.05) is 91.0 Å². The Kier molecular flexibility index (Phi) is 10.4. The molecule has 0 saturated carbocycles. The summed E-state index contributed by atoms with van der Waals surface area (Å²) in [5.41, 5.74) is 6.42. The maximum atomic E-state index is 12.7. The number of anilines is 1. The number of ether oxygens (including phenoxy) is 6. The van der Waals surface area contributed by atoms with Crippen LogP contribution in [0.3, 0.4) is 0 Å². The first-order chi connectivity index (χ1) is 21.9. The lowest BCUT2D eigenvalue weighted by Gasteiger charge is -2.48. The third kappa shape index (κ3) is 6.16. The van der Waals surface area contributed by atoms with Crippen molar-refractivity contribution in [2.75, 3.05) is 46.9 Å². The Bertz CT molecular complexity index is 1450. The molecule has 4 aromatic rings. The van der Waals surface area contributed by atoms with Crippen LogP contribution in [0.15, 0.2) is 108 Å². The number of hydrogen-bond acceptors (Lipinski definition) is 10. The molecule has 1 fully saturated rings. The lowest BCUT2D eigenvalue weighted by Crippen LogP contribution is -2.59. The highest BCUT2D eigenvalue weighted by molar-refractivity contribution is 5.52. The molecule has 0 aliphatic carbocycles. The number of nitrogen functional groups attached to an aromatic ring is 1. The summed E-state index contributed by atoms with van der Waals surface area (Å²) in [5.74, 6) is -1.71. The van der Waals surface area contributed by atoms with Crippen molar-refractivity contribution in [1.82, 2.24) is 9.55 Å². The number of rotatable bonds is 14. The van der Waals surface area contributed by atoms with E-state index in [4.69, 9.17) is 34.2 Å². The summed E-state index contributed by atoms with van der Waals surface area (Å²) in [5, 5.41) is 11.4. The van der Waals surface area contributed by atoms with Crippen molar-refractivity contribution < 1.29 is 33.5 Å². The van der Waals surface area contributed by atoms with Gasteiger partial charge in [-0.25, -0.2) is 4.79 Å². The molecule has 3 N–H and O–H groups in total. The maximum Gasteiger partial charge on any atom is 0.351 e. The van der Waals surface area contributed by atoms with Gasteiger partial charge in [-0.1, -0.05) is 91.0 Å². The Morgan fingerprint density at radius 3 is 1.84 bits per heavy atom. The van der Waals surface area contributed by atoms with Crippen LogP contribution in [0.2, 0.25) is 0 Å². The average molecular weight is 618 g/mol. The minimum atomic E-state index is -1.76. The van der Waals surface area contributed by atoms with Gasteiger partial charge < -0.3 is 39.3 Å². The van der Waals surface area contributed by atoms with Gasteiger partial charge in [0.25, 0.3) is 0 Å². The summed E-state index contributed by atoms with van der Waals surface area (Å²) in [7, 11) is 4.59. The summed E-state index contributed by atoms with van der Waals surface area (Å²) >= 11 is 0. The topological polar surface area (TPSA) is 137 Å². The Morgan fingerprint density at radius 2 is 1.38 bits per heavy atom. The van der Waals surface area contributed by atoms with E-state index in [9.17, 15) is 9.90 Å². The Morgan fingerprint density at radius 1 is 0.844 bits per heavy atom. The number of aliphatic hydroxyl groups excluding tert-OH is 1. The van der Waals surface area contributed by atoms with E-state index in [0.717, 1.165) is 16.7 Å². The zero-order valence-corrected chi connectivity index (χ0v) is 25.5. The number of aliphatic hydroxyl groups is 1. The molecule has 1 aliphatic rings. The van der Waals surface area contributed by atoms with Crippen LogP contribution in [0.5, 0.6) is 0 Å². The molecule has 2 heterocycles. The molecular weight excluding hydrogens is 578 g/mol. The standard InChI is InChI=1S/C34H39N3O8/c1-40-21-22-43-30-27(45-31(29(30)38)37-20-19-28(35)36-32(37)39)23-44-34(41-2,42-3)33(24-13-7-4-8-14-24,25-15-9-5-10-16-25)26-17-11-6-12-18-26/h4-20,27,29-31,38H,21-23H2,1-3H3,(H2,35,36,39)/t27-,29-,30-,31-/m1/s1. The quantitative estimate of drug-likeness (QED) is 0.123. The van der Waals surface area contributed by atoms with E-state index in [0.29, 0.717) is 0 Å². The van der Waals surface area contributed by atoms with Crippen molar-refractivity contribution in [3.05, 3.63) is 130 Å². The molecule has 0 spiro atoms. The Balaban J connectivity index is 1.59. The van der Waals surface area contributed by atoms with Gasteiger partial charge in [0.1, 0.15) is 29.5 Å². The molecule has 0 amide bonds. The number of benzene rings is 3. The zero-order valence-electron chi connectivity index (χ0n) is 25.5. The molecule has 1 aliphatic heterocycles. The predicted octanol–water partition coefficient (Wildman–Crippen LogP) is 3.11. The molecule has 4 atom stereocenters. The van der Waals surface area contributed by atoms with Gasteiger partial charge in [0.05, 0.1) is 19.8 Å². The number of hydrogen-bond donors (Lipinski definition) is 2. The predicted molar refractivity (Wildman–Crippen MR) is 166 cm³/mol. The van der Waals surface area contributed by atoms with E-state index in [1.54, 1.807) is 7.11 Å². The second-order valence-corrected chi connectivity index (χ2v) is 10.5. The molecule has 11 nitrogen and oxygen atoms in total. The van der Waals surface area contributed by atoms with E-state index < -0.39 is 41.6 Å². The molecule has 0 unspecified atom stereocenters.